The van der Waals surface area contributed by atoms with Crippen molar-refractivity contribution in [3.05, 3.63) is 72.8 Å². The van der Waals surface area contributed by atoms with Crippen LogP contribution < -0.4 is 15.0 Å². The van der Waals surface area contributed by atoms with E-state index in [0.29, 0.717) is 19.0 Å². The van der Waals surface area contributed by atoms with Crippen molar-refractivity contribution in [2.24, 2.45) is 0 Å². The van der Waals surface area contributed by atoms with Gasteiger partial charge in [0, 0.05) is 12.8 Å². The molecule has 0 saturated heterocycles. The van der Waals surface area contributed by atoms with Crippen LogP contribution in [0.4, 0.5) is 0 Å². The zero-order valence-electron chi connectivity index (χ0n) is 15.6. The number of amides is 1. The molecule has 29 heavy (non-hydrogen) atoms. The van der Waals surface area contributed by atoms with Crippen LogP contribution in [0.3, 0.4) is 0 Å². The van der Waals surface area contributed by atoms with Crippen LogP contribution in [0.25, 0.3) is 5.69 Å². The molecule has 0 radical (unpaired) electrons. The van der Waals surface area contributed by atoms with E-state index in [2.05, 4.69) is 15.2 Å². The Labute approximate surface area is 168 Å². The molecule has 152 valence electrons. The number of hydrogen-bond donors (Lipinski definition) is 2. The molecule has 3 rings (SSSR count). The first-order valence-corrected chi connectivity index (χ1v) is 10.1. The Morgan fingerprint density at radius 3 is 2.48 bits per heavy atom. The molecule has 0 unspecified atom stereocenters. The van der Waals surface area contributed by atoms with Crippen molar-refractivity contribution in [3.8, 4) is 11.4 Å². The minimum absolute atomic E-state index is 0.0199. The lowest BCUT2D eigenvalue weighted by atomic mass is 10.3. The SMILES string of the molecule is COCCOc1ccc(S(=O)(=O)NNC(=O)c2cncn2-c2ccccc2)cc1. The van der Waals surface area contributed by atoms with Crippen molar-refractivity contribution in [2.45, 2.75) is 4.90 Å². The normalized spacial score (nSPS) is 11.2. The largest absolute Gasteiger partial charge is 0.491 e. The summed E-state index contributed by atoms with van der Waals surface area (Å²) in [4.78, 5) is 18.5. The number of methoxy groups -OCH3 is 1. The molecule has 0 aliphatic carbocycles. The highest BCUT2D eigenvalue weighted by atomic mass is 32.2. The second-order valence-electron chi connectivity index (χ2n) is 5.86. The number of aromatic nitrogens is 2. The third kappa shape index (κ3) is 5.19. The second kappa shape index (κ2) is 9.32. The summed E-state index contributed by atoms with van der Waals surface area (Å²) in [5, 5.41) is 0. The van der Waals surface area contributed by atoms with Crippen LogP contribution in [0.15, 0.2) is 72.0 Å². The van der Waals surface area contributed by atoms with Crippen molar-refractivity contribution >= 4 is 15.9 Å². The number of para-hydroxylation sites is 1. The van der Waals surface area contributed by atoms with Crippen LogP contribution >= 0.6 is 0 Å². The maximum atomic E-state index is 12.4. The van der Waals surface area contributed by atoms with Gasteiger partial charge < -0.3 is 9.47 Å². The first-order chi connectivity index (χ1) is 14.0. The van der Waals surface area contributed by atoms with Crippen LogP contribution in [-0.4, -0.2) is 44.2 Å². The van der Waals surface area contributed by atoms with Gasteiger partial charge in [-0.15, -0.1) is 4.83 Å². The molecular weight excluding hydrogens is 396 g/mol. The van der Waals surface area contributed by atoms with Gasteiger partial charge in [0.05, 0.1) is 24.0 Å². The minimum Gasteiger partial charge on any atom is -0.491 e. The predicted molar refractivity (Wildman–Crippen MR) is 105 cm³/mol. The Hall–Kier alpha value is -3.21. The number of ether oxygens (including phenoxy) is 2. The standard InChI is InChI=1S/C19H20N4O5S/c1-27-11-12-28-16-7-9-17(10-8-16)29(25,26)22-21-19(24)18-13-20-14-23(18)15-5-3-2-4-6-15/h2-10,13-14,22H,11-12H2,1H3,(H,21,24). The summed E-state index contributed by atoms with van der Waals surface area (Å²) in [5.41, 5.74) is 3.11. The average Bonchev–Trinajstić information content (AvgIpc) is 3.23. The smallest absolute Gasteiger partial charge is 0.284 e. The third-order valence-corrected chi connectivity index (χ3v) is 5.16. The van der Waals surface area contributed by atoms with E-state index in [0.717, 1.165) is 5.69 Å². The summed E-state index contributed by atoms with van der Waals surface area (Å²) in [6.45, 7) is 0.777. The van der Waals surface area contributed by atoms with Crippen molar-refractivity contribution < 1.29 is 22.7 Å². The number of imidazole rings is 1. The van der Waals surface area contributed by atoms with Gasteiger partial charge in [-0.1, -0.05) is 18.2 Å². The Kier molecular flexibility index (Phi) is 6.60. The summed E-state index contributed by atoms with van der Waals surface area (Å²) in [5.74, 6) is -0.133. The lowest BCUT2D eigenvalue weighted by Gasteiger charge is -2.11. The number of nitrogens with zero attached hydrogens (tertiary/aromatic N) is 2. The fourth-order valence-electron chi connectivity index (χ4n) is 2.45. The number of sulfonamides is 1. The van der Waals surface area contributed by atoms with Gasteiger partial charge in [-0.2, -0.15) is 0 Å². The monoisotopic (exact) mass is 416 g/mol. The lowest BCUT2D eigenvalue weighted by molar-refractivity contribution is 0.0938. The fourth-order valence-corrected chi connectivity index (χ4v) is 3.29. The van der Waals surface area contributed by atoms with Gasteiger partial charge in [0.1, 0.15) is 18.1 Å². The third-order valence-electron chi connectivity index (χ3n) is 3.89. The maximum absolute atomic E-state index is 12.4. The van der Waals surface area contributed by atoms with Gasteiger partial charge in [-0.05, 0) is 36.4 Å². The molecule has 0 atom stereocenters. The van der Waals surface area contributed by atoms with Gasteiger partial charge in [0.25, 0.3) is 15.9 Å². The number of benzene rings is 2. The van der Waals surface area contributed by atoms with Crippen LogP contribution in [0.5, 0.6) is 5.75 Å². The van der Waals surface area contributed by atoms with Gasteiger partial charge >= 0.3 is 0 Å². The van der Waals surface area contributed by atoms with Crippen molar-refractivity contribution in [3.63, 3.8) is 0 Å². The first kappa shape index (κ1) is 20.5. The molecule has 2 aromatic carbocycles. The molecule has 0 saturated carbocycles. The van der Waals surface area contributed by atoms with Gasteiger partial charge in [-0.25, -0.2) is 13.4 Å². The summed E-state index contributed by atoms with van der Waals surface area (Å²) < 4.78 is 36.7. The molecule has 3 aromatic rings. The van der Waals surface area contributed by atoms with E-state index >= 15 is 0 Å². The number of carbonyl (C=O) groups is 1. The summed E-state index contributed by atoms with van der Waals surface area (Å²) >= 11 is 0. The van der Waals surface area contributed by atoms with E-state index in [1.54, 1.807) is 23.8 Å². The van der Waals surface area contributed by atoms with Crippen molar-refractivity contribution in [2.75, 3.05) is 20.3 Å². The Morgan fingerprint density at radius 2 is 1.79 bits per heavy atom. The number of hydrogen-bond acceptors (Lipinski definition) is 6. The number of nitrogens with one attached hydrogen (secondary N) is 2. The van der Waals surface area contributed by atoms with Crippen LogP contribution in [0, 0.1) is 0 Å². The molecule has 1 amide bonds. The number of rotatable bonds is 9. The van der Waals surface area contributed by atoms with E-state index in [1.807, 2.05) is 18.2 Å². The maximum Gasteiger partial charge on any atom is 0.284 e. The first-order valence-electron chi connectivity index (χ1n) is 8.63. The molecule has 0 spiro atoms. The molecular formula is C19H20N4O5S. The molecule has 2 N–H and O–H groups in total. The van der Waals surface area contributed by atoms with E-state index in [-0.39, 0.29) is 10.6 Å². The molecule has 0 fully saturated rings. The molecule has 0 aliphatic rings. The molecule has 1 heterocycles. The van der Waals surface area contributed by atoms with Gasteiger partial charge in [-0.3, -0.25) is 14.8 Å². The zero-order valence-corrected chi connectivity index (χ0v) is 16.4. The molecule has 0 aliphatic heterocycles. The molecule has 1 aromatic heterocycles. The summed E-state index contributed by atoms with van der Waals surface area (Å²) in [6.07, 6.45) is 2.82. The van der Waals surface area contributed by atoms with Gasteiger partial charge in [0.15, 0.2) is 0 Å². The van der Waals surface area contributed by atoms with Crippen LogP contribution in [0.1, 0.15) is 10.5 Å². The van der Waals surface area contributed by atoms with Crippen molar-refractivity contribution in [1.29, 1.82) is 0 Å². The second-order valence-corrected chi connectivity index (χ2v) is 7.54. The zero-order chi connectivity index (χ0) is 20.7. The Balaban J connectivity index is 1.65. The number of hydrazine groups is 1. The average molecular weight is 416 g/mol. The quantitative estimate of drug-likeness (QED) is 0.404. The van der Waals surface area contributed by atoms with E-state index < -0.39 is 15.9 Å². The van der Waals surface area contributed by atoms with Crippen molar-refractivity contribution in [1.82, 2.24) is 19.8 Å². The molecule has 9 nitrogen and oxygen atoms in total. The lowest BCUT2D eigenvalue weighted by Crippen LogP contribution is -2.42. The van der Waals surface area contributed by atoms with E-state index in [1.165, 1.54) is 36.8 Å². The van der Waals surface area contributed by atoms with Gasteiger partial charge in [0.2, 0.25) is 0 Å². The van der Waals surface area contributed by atoms with E-state index in [4.69, 9.17) is 9.47 Å². The Bertz CT molecular complexity index is 1050. The number of carbonyl (C=O) groups excluding carboxylic acids is 1. The molecule has 10 heteroatoms. The highest BCUT2D eigenvalue weighted by molar-refractivity contribution is 7.89. The topological polar surface area (TPSA) is 112 Å². The molecule has 0 bridgehead atoms. The highest BCUT2D eigenvalue weighted by Crippen LogP contribution is 2.16. The summed E-state index contributed by atoms with van der Waals surface area (Å²) in [7, 11) is -2.40. The fraction of sp³-hybridized carbons (Fsp3) is 0.158. The minimum atomic E-state index is -3.96. The highest BCUT2D eigenvalue weighted by Gasteiger charge is 2.18. The van der Waals surface area contributed by atoms with Crippen LogP contribution in [0.2, 0.25) is 0 Å². The Morgan fingerprint density at radius 1 is 1.07 bits per heavy atom. The van der Waals surface area contributed by atoms with E-state index in [9.17, 15) is 13.2 Å². The summed E-state index contributed by atoms with van der Waals surface area (Å²) in [6, 6.07) is 14.9. The predicted octanol–water partition coefficient (Wildman–Crippen LogP) is 1.52. The van der Waals surface area contributed by atoms with Crippen LogP contribution in [-0.2, 0) is 14.8 Å².